The van der Waals surface area contributed by atoms with Crippen molar-refractivity contribution in [3.05, 3.63) is 18.0 Å². The summed E-state index contributed by atoms with van der Waals surface area (Å²) in [4.78, 5) is 6.81. The van der Waals surface area contributed by atoms with Crippen LogP contribution in [-0.2, 0) is 11.8 Å². The highest BCUT2D eigenvalue weighted by Gasteiger charge is 2.26. The molecule has 0 bridgehead atoms. The third-order valence-electron chi connectivity index (χ3n) is 5.29. The van der Waals surface area contributed by atoms with Crippen LogP contribution in [0.2, 0.25) is 0 Å². The molecule has 1 fully saturated rings. The van der Waals surface area contributed by atoms with Crippen LogP contribution in [0.15, 0.2) is 17.4 Å². The van der Waals surface area contributed by atoms with Gasteiger partial charge in [-0.3, -0.25) is 9.67 Å². The fraction of sp³-hybridized carbons (Fsp3) is 0.810. The average molecular weight is 378 g/mol. The third-order valence-corrected chi connectivity index (χ3v) is 5.29. The Kier molecular flexibility index (Phi) is 10.3. The normalized spacial score (nSPS) is 17.7. The molecule has 154 valence electrons. The van der Waals surface area contributed by atoms with Crippen LogP contribution in [0.5, 0.6) is 0 Å². The number of aromatic nitrogens is 2. The molecule has 0 radical (unpaired) electrons. The van der Waals surface area contributed by atoms with Crippen molar-refractivity contribution in [1.29, 1.82) is 0 Å². The molecule has 0 saturated carbocycles. The van der Waals surface area contributed by atoms with Gasteiger partial charge < -0.3 is 15.0 Å². The molecule has 0 aromatic carbocycles. The van der Waals surface area contributed by atoms with Gasteiger partial charge in [0, 0.05) is 59.1 Å². The van der Waals surface area contributed by atoms with Crippen molar-refractivity contribution in [2.24, 2.45) is 12.0 Å². The average Bonchev–Trinajstić information content (AvgIpc) is 3.32. The Morgan fingerprint density at radius 1 is 1.22 bits per heavy atom. The molecule has 1 aliphatic heterocycles. The van der Waals surface area contributed by atoms with Crippen LogP contribution in [0.25, 0.3) is 0 Å². The second-order valence-corrected chi connectivity index (χ2v) is 7.59. The minimum atomic E-state index is 0.554. The number of nitrogens with zero attached hydrogens (tertiary/aromatic N) is 4. The smallest absolute Gasteiger partial charge is 0.193 e. The van der Waals surface area contributed by atoms with Crippen LogP contribution >= 0.6 is 0 Å². The van der Waals surface area contributed by atoms with E-state index in [1.54, 1.807) is 0 Å². The molecule has 6 heteroatoms. The number of aryl methyl sites for hydroxylation is 1. The number of guanidine groups is 1. The van der Waals surface area contributed by atoms with Crippen molar-refractivity contribution in [1.82, 2.24) is 20.0 Å². The molecular formula is C21H39N5O. The SMILES string of the molecule is CCCCCCCCOCCCNC(=NC)N1CCC(c2cnn(C)c2)C1. The van der Waals surface area contributed by atoms with E-state index in [0.717, 1.165) is 51.6 Å². The lowest BCUT2D eigenvalue weighted by molar-refractivity contribution is 0.128. The lowest BCUT2D eigenvalue weighted by atomic mass is 10.0. The Labute approximate surface area is 165 Å². The Balaban J connectivity index is 1.52. The largest absolute Gasteiger partial charge is 0.381 e. The van der Waals surface area contributed by atoms with Gasteiger partial charge in [-0.25, -0.2) is 0 Å². The highest BCUT2D eigenvalue weighted by Crippen LogP contribution is 2.26. The van der Waals surface area contributed by atoms with Crippen LogP contribution in [0, 0.1) is 0 Å². The topological polar surface area (TPSA) is 54.7 Å². The lowest BCUT2D eigenvalue weighted by Crippen LogP contribution is -2.40. The molecule has 0 aliphatic carbocycles. The number of unbranched alkanes of at least 4 members (excludes halogenated alkanes) is 5. The van der Waals surface area contributed by atoms with Gasteiger partial charge in [0.25, 0.3) is 0 Å². The summed E-state index contributed by atoms with van der Waals surface area (Å²) in [6.07, 6.45) is 14.2. The summed E-state index contributed by atoms with van der Waals surface area (Å²) in [7, 11) is 3.85. The number of ether oxygens (including phenoxy) is 1. The van der Waals surface area contributed by atoms with Crippen LogP contribution in [0.4, 0.5) is 0 Å². The molecule has 2 rings (SSSR count). The maximum absolute atomic E-state index is 5.76. The second-order valence-electron chi connectivity index (χ2n) is 7.59. The number of hydrogen-bond acceptors (Lipinski definition) is 3. The van der Waals surface area contributed by atoms with E-state index in [-0.39, 0.29) is 0 Å². The monoisotopic (exact) mass is 377 g/mol. The van der Waals surface area contributed by atoms with E-state index in [4.69, 9.17) is 4.74 Å². The molecule has 2 heterocycles. The van der Waals surface area contributed by atoms with Crippen LogP contribution in [0.1, 0.15) is 69.8 Å². The van der Waals surface area contributed by atoms with Gasteiger partial charge in [0.05, 0.1) is 6.20 Å². The van der Waals surface area contributed by atoms with E-state index in [0.29, 0.717) is 5.92 Å². The standard InChI is InChI=1S/C21H39N5O/c1-4-5-6-7-8-9-14-27-15-10-12-23-21(22-2)26-13-11-19(18-26)20-16-24-25(3)17-20/h16-17,19H,4-15,18H2,1-3H3,(H,22,23). The van der Waals surface area contributed by atoms with E-state index < -0.39 is 0 Å². The zero-order valence-electron chi connectivity index (χ0n) is 17.6. The highest BCUT2D eigenvalue weighted by atomic mass is 16.5. The molecule has 1 atom stereocenters. The van der Waals surface area contributed by atoms with Gasteiger partial charge in [-0.2, -0.15) is 5.10 Å². The summed E-state index contributed by atoms with van der Waals surface area (Å²) < 4.78 is 7.64. The molecule has 1 aliphatic rings. The van der Waals surface area contributed by atoms with Gasteiger partial charge in [0.15, 0.2) is 5.96 Å². The van der Waals surface area contributed by atoms with Crippen molar-refractivity contribution in [3.63, 3.8) is 0 Å². The maximum Gasteiger partial charge on any atom is 0.193 e. The van der Waals surface area contributed by atoms with E-state index >= 15 is 0 Å². The predicted molar refractivity (Wildman–Crippen MR) is 112 cm³/mol. The Hall–Kier alpha value is -1.56. The van der Waals surface area contributed by atoms with Crippen molar-refractivity contribution >= 4 is 5.96 Å². The van der Waals surface area contributed by atoms with E-state index in [9.17, 15) is 0 Å². The minimum absolute atomic E-state index is 0.554. The number of hydrogen-bond donors (Lipinski definition) is 1. The molecule has 1 saturated heterocycles. The highest BCUT2D eigenvalue weighted by molar-refractivity contribution is 5.80. The van der Waals surface area contributed by atoms with E-state index in [1.165, 1.54) is 44.1 Å². The van der Waals surface area contributed by atoms with Gasteiger partial charge in [0.2, 0.25) is 0 Å². The second kappa shape index (κ2) is 12.8. The zero-order valence-corrected chi connectivity index (χ0v) is 17.6. The van der Waals surface area contributed by atoms with Crippen molar-refractivity contribution in [3.8, 4) is 0 Å². The molecule has 1 unspecified atom stereocenters. The number of nitrogens with one attached hydrogen (secondary N) is 1. The molecule has 0 amide bonds. The van der Waals surface area contributed by atoms with Crippen molar-refractivity contribution < 1.29 is 4.74 Å². The molecule has 0 spiro atoms. The Morgan fingerprint density at radius 3 is 2.74 bits per heavy atom. The Morgan fingerprint density at radius 2 is 2.00 bits per heavy atom. The summed E-state index contributed by atoms with van der Waals surface area (Å²) in [5.41, 5.74) is 1.33. The first-order valence-electron chi connectivity index (χ1n) is 10.8. The third kappa shape index (κ3) is 7.91. The first-order valence-corrected chi connectivity index (χ1v) is 10.8. The number of likely N-dealkylation sites (tertiary alicyclic amines) is 1. The quantitative estimate of drug-likeness (QED) is 0.344. The maximum atomic E-state index is 5.76. The van der Waals surface area contributed by atoms with Crippen LogP contribution in [0.3, 0.4) is 0 Å². The summed E-state index contributed by atoms with van der Waals surface area (Å²) in [5, 5.41) is 7.79. The fourth-order valence-corrected chi connectivity index (χ4v) is 3.67. The molecule has 1 aromatic rings. The molecule has 27 heavy (non-hydrogen) atoms. The first-order chi connectivity index (χ1) is 13.2. The minimum Gasteiger partial charge on any atom is -0.381 e. The van der Waals surface area contributed by atoms with Gasteiger partial charge in [0.1, 0.15) is 0 Å². The van der Waals surface area contributed by atoms with Crippen molar-refractivity contribution in [2.75, 3.05) is 39.9 Å². The van der Waals surface area contributed by atoms with Crippen LogP contribution < -0.4 is 5.32 Å². The van der Waals surface area contributed by atoms with Gasteiger partial charge >= 0.3 is 0 Å². The zero-order chi connectivity index (χ0) is 19.3. The predicted octanol–water partition coefficient (Wildman–Crippen LogP) is 3.55. The number of aliphatic imine (C=N–C) groups is 1. The molecule has 1 aromatic heterocycles. The van der Waals surface area contributed by atoms with Gasteiger partial charge in [-0.15, -0.1) is 0 Å². The molecule has 1 N–H and O–H groups in total. The summed E-state index contributed by atoms with van der Waals surface area (Å²) in [5.74, 6) is 1.57. The Bertz CT molecular complexity index is 542. The van der Waals surface area contributed by atoms with Gasteiger partial charge in [-0.1, -0.05) is 39.0 Å². The fourth-order valence-electron chi connectivity index (χ4n) is 3.67. The van der Waals surface area contributed by atoms with Gasteiger partial charge in [-0.05, 0) is 24.8 Å². The van der Waals surface area contributed by atoms with Crippen molar-refractivity contribution in [2.45, 2.75) is 64.2 Å². The van der Waals surface area contributed by atoms with E-state index in [2.05, 4.69) is 33.4 Å². The lowest BCUT2D eigenvalue weighted by Gasteiger charge is -2.21. The first kappa shape index (κ1) is 21.7. The summed E-state index contributed by atoms with van der Waals surface area (Å²) >= 11 is 0. The molecular weight excluding hydrogens is 338 g/mol. The summed E-state index contributed by atoms with van der Waals surface area (Å²) in [6, 6.07) is 0. The van der Waals surface area contributed by atoms with Crippen LogP contribution in [-0.4, -0.2) is 60.5 Å². The molecule has 6 nitrogen and oxygen atoms in total. The van der Waals surface area contributed by atoms with E-state index in [1.807, 2.05) is 25.0 Å². The number of rotatable bonds is 12. The summed E-state index contributed by atoms with van der Waals surface area (Å²) in [6.45, 7) is 6.97.